The third-order valence-electron chi connectivity index (χ3n) is 2.68. The van der Waals surface area contributed by atoms with Crippen molar-refractivity contribution in [2.45, 2.75) is 39.4 Å². The molecule has 1 amide bonds. The molecule has 1 rings (SSSR count). The maximum absolute atomic E-state index is 11.5. The summed E-state index contributed by atoms with van der Waals surface area (Å²) in [5, 5.41) is 0. The zero-order valence-electron chi connectivity index (χ0n) is 8.59. The molecule has 3 nitrogen and oxygen atoms in total. The predicted octanol–water partition coefficient (Wildman–Crippen LogP) is 0.905. The molecule has 0 aromatic rings. The molecule has 0 aromatic heterocycles. The fourth-order valence-corrected chi connectivity index (χ4v) is 1.88. The molecule has 1 fully saturated rings. The van der Waals surface area contributed by atoms with Crippen LogP contribution in [0.5, 0.6) is 0 Å². The Labute approximate surface area is 74.3 Å². The summed E-state index contributed by atoms with van der Waals surface area (Å²) in [5.41, 5.74) is -0.120. The van der Waals surface area contributed by atoms with Gasteiger partial charge in [0.15, 0.2) is 0 Å². The molecular weight excluding hydrogens is 152 g/mol. The number of amides is 1. The van der Waals surface area contributed by atoms with Crippen LogP contribution in [-0.4, -0.2) is 41.0 Å². The molecule has 0 radical (unpaired) electrons. The van der Waals surface area contributed by atoms with E-state index in [9.17, 15) is 4.79 Å². The van der Waals surface area contributed by atoms with E-state index in [-0.39, 0.29) is 17.6 Å². The molecule has 0 saturated carbocycles. The number of hydrogen-bond donors (Lipinski definition) is 0. The number of likely N-dealkylation sites (N-methyl/N-ethyl adjacent to an activating group) is 1. The molecule has 1 heterocycles. The number of nitrogens with zero attached hydrogens (tertiary/aromatic N) is 2. The summed E-state index contributed by atoms with van der Waals surface area (Å²) >= 11 is 0. The quantitative estimate of drug-likeness (QED) is 0.584. The Kier molecular flexibility index (Phi) is 2.17. The van der Waals surface area contributed by atoms with E-state index in [1.54, 1.807) is 0 Å². The van der Waals surface area contributed by atoms with E-state index in [2.05, 4.69) is 32.6 Å². The predicted molar refractivity (Wildman–Crippen MR) is 48.7 cm³/mol. The molecule has 0 atom stereocenters. The normalized spacial score (nSPS) is 24.2. The minimum Gasteiger partial charge on any atom is -0.321 e. The van der Waals surface area contributed by atoms with Gasteiger partial charge < -0.3 is 4.90 Å². The van der Waals surface area contributed by atoms with Gasteiger partial charge in [-0.15, -0.1) is 0 Å². The van der Waals surface area contributed by atoms with Crippen LogP contribution in [0.3, 0.4) is 0 Å². The van der Waals surface area contributed by atoms with Gasteiger partial charge in [0.05, 0.1) is 12.2 Å². The first-order chi connectivity index (χ1) is 5.37. The Morgan fingerprint density at radius 1 is 1.42 bits per heavy atom. The molecule has 0 aliphatic carbocycles. The van der Waals surface area contributed by atoms with E-state index < -0.39 is 0 Å². The first-order valence-electron chi connectivity index (χ1n) is 4.40. The fourth-order valence-electron chi connectivity index (χ4n) is 1.88. The molecule has 70 valence electrons. The highest BCUT2D eigenvalue weighted by Crippen LogP contribution is 2.27. The van der Waals surface area contributed by atoms with Crippen LogP contribution < -0.4 is 0 Å². The second-order valence-corrected chi connectivity index (χ2v) is 4.21. The van der Waals surface area contributed by atoms with Crippen molar-refractivity contribution >= 4 is 5.91 Å². The largest absolute Gasteiger partial charge is 0.321 e. The number of hydrogen-bond acceptors (Lipinski definition) is 2. The summed E-state index contributed by atoms with van der Waals surface area (Å²) < 4.78 is 0. The van der Waals surface area contributed by atoms with Gasteiger partial charge in [0.2, 0.25) is 5.91 Å². The highest BCUT2D eigenvalue weighted by molar-refractivity contribution is 5.81. The van der Waals surface area contributed by atoms with Gasteiger partial charge in [0, 0.05) is 6.04 Å². The Morgan fingerprint density at radius 2 is 1.92 bits per heavy atom. The van der Waals surface area contributed by atoms with Gasteiger partial charge in [-0.3, -0.25) is 9.69 Å². The van der Waals surface area contributed by atoms with E-state index in [1.807, 2.05) is 11.9 Å². The molecule has 0 bridgehead atoms. The summed E-state index contributed by atoms with van der Waals surface area (Å²) in [6.45, 7) is 8.82. The average Bonchev–Trinajstić information content (AvgIpc) is 2.02. The molecule has 0 unspecified atom stereocenters. The first-order valence-corrected chi connectivity index (χ1v) is 4.40. The number of carbonyl (C=O) groups is 1. The summed E-state index contributed by atoms with van der Waals surface area (Å²) in [6.07, 6.45) is 0. The van der Waals surface area contributed by atoms with Crippen LogP contribution in [0, 0.1) is 0 Å². The van der Waals surface area contributed by atoms with Gasteiger partial charge in [0.25, 0.3) is 0 Å². The van der Waals surface area contributed by atoms with Crippen LogP contribution >= 0.6 is 0 Å². The van der Waals surface area contributed by atoms with Crippen molar-refractivity contribution in [1.82, 2.24) is 9.80 Å². The Hall–Kier alpha value is -0.570. The molecule has 0 aromatic carbocycles. The minimum absolute atomic E-state index is 0.120. The third-order valence-corrected chi connectivity index (χ3v) is 2.68. The molecule has 1 aliphatic heterocycles. The van der Waals surface area contributed by atoms with Crippen molar-refractivity contribution in [2.75, 3.05) is 13.6 Å². The Bertz CT molecular complexity index is 199. The van der Waals surface area contributed by atoms with Crippen molar-refractivity contribution in [3.8, 4) is 0 Å². The van der Waals surface area contributed by atoms with E-state index in [0.29, 0.717) is 6.54 Å². The second-order valence-electron chi connectivity index (χ2n) is 4.21. The third kappa shape index (κ3) is 1.22. The SMILES string of the molecule is CC(C)N1C(=O)CN(C)C1(C)C. The molecule has 12 heavy (non-hydrogen) atoms. The second kappa shape index (κ2) is 2.73. The molecular formula is C9H18N2O. The molecule has 0 spiro atoms. The lowest BCUT2D eigenvalue weighted by atomic mass is 10.1. The van der Waals surface area contributed by atoms with E-state index in [0.717, 1.165) is 0 Å². The van der Waals surface area contributed by atoms with Crippen LogP contribution in [0.4, 0.5) is 0 Å². The monoisotopic (exact) mass is 170 g/mol. The van der Waals surface area contributed by atoms with Crippen molar-refractivity contribution in [2.24, 2.45) is 0 Å². The zero-order chi connectivity index (χ0) is 9.52. The van der Waals surface area contributed by atoms with Crippen molar-refractivity contribution < 1.29 is 4.79 Å². The van der Waals surface area contributed by atoms with Gasteiger partial charge in [-0.25, -0.2) is 0 Å². The lowest BCUT2D eigenvalue weighted by Gasteiger charge is -2.38. The summed E-state index contributed by atoms with van der Waals surface area (Å²) in [6, 6.07) is 0.289. The van der Waals surface area contributed by atoms with Gasteiger partial charge >= 0.3 is 0 Å². The lowest BCUT2D eigenvalue weighted by Crippen LogP contribution is -2.50. The average molecular weight is 170 g/mol. The Balaban J connectivity index is 2.91. The molecule has 3 heteroatoms. The molecule has 1 aliphatic rings. The first kappa shape index (κ1) is 9.52. The topological polar surface area (TPSA) is 23.6 Å². The summed E-state index contributed by atoms with van der Waals surface area (Å²) in [5.74, 6) is 0.234. The smallest absolute Gasteiger partial charge is 0.238 e. The van der Waals surface area contributed by atoms with Crippen molar-refractivity contribution in [1.29, 1.82) is 0 Å². The molecule has 1 saturated heterocycles. The van der Waals surface area contributed by atoms with E-state index in [4.69, 9.17) is 0 Å². The zero-order valence-corrected chi connectivity index (χ0v) is 8.59. The van der Waals surface area contributed by atoms with E-state index in [1.165, 1.54) is 0 Å². The van der Waals surface area contributed by atoms with Crippen molar-refractivity contribution in [3.05, 3.63) is 0 Å². The van der Waals surface area contributed by atoms with Crippen LogP contribution in [0.25, 0.3) is 0 Å². The van der Waals surface area contributed by atoms with E-state index >= 15 is 0 Å². The van der Waals surface area contributed by atoms with Gasteiger partial charge in [-0.1, -0.05) is 0 Å². The highest BCUT2D eigenvalue weighted by atomic mass is 16.2. The standard InChI is InChI=1S/C9H18N2O/c1-7(2)11-8(12)6-10(5)9(11,3)4/h7H,6H2,1-5H3. The summed E-state index contributed by atoms with van der Waals surface area (Å²) in [7, 11) is 1.99. The highest BCUT2D eigenvalue weighted by Gasteiger charge is 2.43. The van der Waals surface area contributed by atoms with Crippen LogP contribution in [0.2, 0.25) is 0 Å². The fraction of sp³-hybridized carbons (Fsp3) is 0.889. The van der Waals surface area contributed by atoms with Gasteiger partial charge in [0.1, 0.15) is 0 Å². The van der Waals surface area contributed by atoms with Crippen LogP contribution in [0.15, 0.2) is 0 Å². The molecule has 0 N–H and O–H groups in total. The lowest BCUT2D eigenvalue weighted by molar-refractivity contribution is -0.131. The van der Waals surface area contributed by atoms with Crippen molar-refractivity contribution in [3.63, 3.8) is 0 Å². The number of rotatable bonds is 1. The number of carbonyl (C=O) groups excluding carboxylic acids is 1. The summed E-state index contributed by atoms with van der Waals surface area (Å²) in [4.78, 5) is 15.5. The van der Waals surface area contributed by atoms with Crippen LogP contribution in [-0.2, 0) is 4.79 Å². The Morgan fingerprint density at radius 3 is 2.08 bits per heavy atom. The van der Waals surface area contributed by atoms with Crippen LogP contribution in [0.1, 0.15) is 27.7 Å². The maximum Gasteiger partial charge on any atom is 0.238 e. The van der Waals surface area contributed by atoms with Gasteiger partial charge in [-0.2, -0.15) is 0 Å². The maximum atomic E-state index is 11.5. The van der Waals surface area contributed by atoms with Gasteiger partial charge in [-0.05, 0) is 34.7 Å². The minimum atomic E-state index is -0.120.